The molecular formula is C37H70N+. The summed E-state index contributed by atoms with van der Waals surface area (Å²) in [5, 5.41) is 0. The molecule has 0 atom stereocenters. The molecule has 0 aliphatic rings. The molecule has 0 bridgehead atoms. The van der Waals surface area contributed by atoms with E-state index < -0.39 is 0 Å². The molecule has 1 aromatic rings. The first kappa shape index (κ1) is 35.2. The van der Waals surface area contributed by atoms with Gasteiger partial charge in [-0.3, -0.25) is 0 Å². The molecule has 0 fully saturated rings. The predicted molar refractivity (Wildman–Crippen MR) is 171 cm³/mol. The van der Waals surface area contributed by atoms with Crippen molar-refractivity contribution >= 4 is 0 Å². The minimum Gasteiger partial charge on any atom is -0.205 e. The topological polar surface area (TPSA) is 3.88 Å². The maximum atomic E-state index is 2.40. The number of aryl methyl sites for hydroxylation is 2. The molecule has 0 aromatic carbocycles. The minimum atomic E-state index is 1.19. The van der Waals surface area contributed by atoms with Gasteiger partial charge in [-0.05, 0) is 24.8 Å². The first-order chi connectivity index (χ1) is 18.9. The lowest BCUT2D eigenvalue weighted by atomic mass is 10.0. The van der Waals surface area contributed by atoms with Crippen molar-refractivity contribution in [2.45, 2.75) is 207 Å². The van der Waals surface area contributed by atoms with Crippen LogP contribution in [-0.4, -0.2) is 0 Å². The van der Waals surface area contributed by atoms with E-state index in [1.165, 1.54) is 198 Å². The lowest BCUT2D eigenvalue weighted by molar-refractivity contribution is -0.697. The second-order valence-corrected chi connectivity index (χ2v) is 12.4. The van der Waals surface area contributed by atoms with Gasteiger partial charge < -0.3 is 0 Å². The van der Waals surface area contributed by atoms with Gasteiger partial charge in [-0.15, -0.1) is 0 Å². The van der Waals surface area contributed by atoms with E-state index in [4.69, 9.17) is 0 Å². The molecule has 0 saturated heterocycles. The third-order valence-electron chi connectivity index (χ3n) is 8.55. The molecule has 0 aliphatic heterocycles. The first-order valence-electron chi connectivity index (χ1n) is 17.8. The van der Waals surface area contributed by atoms with Crippen molar-refractivity contribution in [2.24, 2.45) is 0 Å². The average Bonchev–Trinajstić information content (AvgIpc) is 2.94. The van der Waals surface area contributed by atoms with Crippen LogP contribution in [0.15, 0.2) is 24.5 Å². The molecule has 222 valence electrons. The highest BCUT2D eigenvalue weighted by atomic mass is 14.9. The Morgan fingerprint density at radius 1 is 0.368 bits per heavy atom. The van der Waals surface area contributed by atoms with E-state index in [2.05, 4.69) is 42.9 Å². The molecule has 1 nitrogen and oxygen atoms in total. The number of rotatable bonds is 30. The van der Waals surface area contributed by atoms with Gasteiger partial charge in [0.05, 0.1) is 0 Å². The van der Waals surface area contributed by atoms with Crippen molar-refractivity contribution < 1.29 is 4.57 Å². The van der Waals surface area contributed by atoms with Gasteiger partial charge >= 0.3 is 0 Å². The Labute approximate surface area is 241 Å². The zero-order valence-electron chi connectivity index (χ0n) is 26.5. The third kappa shape index (κ3) is 24.2. The molecular weight excluding hydrogens is 458 g/mol. The number of aromatic nitrogens is 1. The maximum Gasteiger partial charge on any atom is 0.169 e. The van der Waals surface area contributed by atoms with Crippen molar-refractivity contribution in [3.05, 3.63) is 30.1 Å². The predicted octanol–water partition coefficient (Wildman–Crippen LogP) is 12.5. The van der Waals surface area contributed by atoms with Gasteiger partial charge in [-0.25, -0.2) is 4.57 Å². The standard InChI is InChI=1S/C37H70N/c1-3-5-7-9-11-13-15-17-18-19-21-23-25-27-29-31-37-32-35-38(36-33-37)34-30-28-26-24-22-20-16-14-12-10-8-6-4-2/h32-33,35-36H,3-31,34H2,1-2H3/q+1. The smallest absolute Gasteiger partial charge is 0.169 e. The van der Waals surface area contributed by atoms with Crippen molar-refractivity contribution in [1.82, 2.24) is 0 Å². The van der Waals surface area contributed by atoms with Gasteiger partial charge in [0.2, 0.25) is 0 Å². The molecule has 0 N–H and O–H groups in total. The van der Waals surface area contributed by atoms with E-state index in [-0.39, 0.29) is 0 Å². The number of unbranched alkanes of at least 4 members (excludes halogenated alkanes) is 26. The lowest BCUT2D eigenvalue weighted by Crippen LogP contribution is -2.32. The van der Waals surface area contributed by atoms with Crippen LogP contribution in [0.3, 0.4) is 0 Å². The zero-order valence-corrected chi connectivity index (χ0v) is 26.5. The molecule has 0 saturated carbocycles. The number of pyridine rings is 1. The molecule has 38 heavy (non-hydrogen) atoms. The van der Waals surface area contributed by atoms with E-state index in [9.17, 15) is 0 Å². The summed E-state index contributed by atoms with van der Waals surface area (Å²) in [6.07, 6.45) is 46.2. The summed E-state index contributed by atoms with van der Waals surface area (Å²) < 4.78 is 2.40. The summed E-state index contributed by atoms with van der Waals surface area (Å²) in [7, 11) is 0. The van der Waals surface area contributed by atoms with Gasteiger partial charge in [0.1, 0.15) is 6.54 Å². The summed E-state index contributed by atoms with van der Waals surface area (Å²) in [4.78, 5) is 0. The van der Waals surface area contributed by atoms with Gasteiger partial charge in [0, 0.05) is 18.6 Å². The van der Waals surface area contributed by atoms with Crippen LogP contribution in [0.2, 0.25) is 0 Å². The normalized spacial score (nSPS) is 11.4. The maximum absolute atomic E-state index is 2.40. The van der Waals surface area contributed by atoms with Crippen LogP contribution in [0, 0.1) is 0 Å². The molecule has 0 amide bonds. The highest BCUT2D eigenvalue weighted by Crippen LogP contribution is 2.15. The quantitative estimate of drug-likeness (QED) is 0.0690. The summed E-state index contributed by atoms with van der Waals surface area (Å²) in [5.74, 6) is 0. The SMILES string of the molecule is CCCCCCCCCCCCCCCCCc1cc[n+](CCCCCCCCCCCCCCC)cc1. The van der Waals surface area contributed by atoms with E-state index in [0.717, 1.165) is 0 Å². The summed E-state index contributed by atoms with van der Waals surface area (Å²) >= 11 is 0. The molecule has 1 heterocycles. The van der Waals surface area contributed by atoms with Crippen molar-refractivity contribution in [3.63, 3.8) is 0 Å². The lowest BCUT2D eigenvalue weighted by Gasteiger charge is -2.04. The summed E-state index contributed by atoms with van der Waals surface area (Å²) in [6, 6.07) is 4.73. The van der Waals surface area contributed by atoms with Gasteiger partial charge in [0.25, 0.3) is 0 Å². The molecule has 1 heteroatoms. The molecule has 0 aliphatic carbocycles. The van der Waals surface area contributed by atoms with Crippen LogP contribution in [0.25, 0.3) is 0 Å². The largest absolute Gasteiger partial charge is 0.205 e. The number of hydrogen-bond acceptors (Lipinski definition) is 0. The first-order valence-corrected chi connectivity index (χ1v) is 17.8. The molecule has 0 radical (unpaired) electrons. The molecule has 1 aromatic heterocycles. The summed E-state index contributed by atoms with van der Waals surface area (Å²) in [6.45, 7) is 5.80. The third-order valence-corrected chi connectivity index (χ3v) is 8.55. The Kier molecular flexibility index (Phi) is 27.0. The monoisotopic (exact) mass is 529 g/mol. The van der Waals surface area contributed by atoms with Crippen LogP contribution >= 0.6 is 0 Å². The zero-order chi connectivity index (χ0) is 27.2. The minimum absolute atomic E-state index is 1.19. The van der Waals surface area contributed by atoms with E-state index in [0.29, 0.717) is 0 Å². The average molecular weight is 529 g/mol. The Bertz CT molecular complexity index is 563. The Balaban J connectivity index is 1.83. The van der Waals surface area contributed by atoms with Gasteiger partial charge in [-0.1, -0.05) is 174 Å². The van der Waals surface area contributed by atoms with E-state index in [1.807, 2.05) is 0 Å². The number of hydrogen-bond donors (Lipinski definition) is 0. The fourth-order valence-electron chi connectivity index (χ4n) is 5.82. The Morgan fingerprint density at radius 2 is 0.658 bits per heavy atom. The molecule has 0 unspecified atom stereocenters. The van der Waals surface area contributed by atoms with E-state index >= 15 is 0 Å². The molecule has 0 spiro atoms. The van der Waals surface area contributed by atoms with Gasteiger partial charge in [-0.2, -0.15) is 0 Å². The van der Waals surface area contributed by atoms with Crippen molar-refractivity contribution in [3.8, 4) is 0 Å². The van der Waals surface area contributed by atoms with Crippen LogP contribution < -0.4 is 4.57 Å². The van der Waals surface area contributed by atoms with Crippen molar-refractivity contribution in [1.29, 1.82) is 0 Å². The Morgan fingerprint density at radius 3 is 1.00 bits per heavy atom. The van der Waals surface area contributed by atoms with Gasteiger partial charge in [0.15, 0.2) is 12.4 Å². The van der Waals surface area contributed by atoms with Crippen LogP contribution in [0.5, 0.6) is 0 Å². The van der Waals surface area contributed by atoms with Crippen LogP contribution in [0.4, 0.5) is 0 Å². The highest BCUT2D eigenvalue weighted by molar-refractivity contribution is 5.07. The van der Waals surface area contributed by atoms with Crippen LogP contribution in [0.1, 0.15) is 199 Å². The van der Waals surface area contributed by atoms with Crippen LogP contribution in [-0.2, 0) is 13.0 Å². The fraction of sp³-hybridized carbons (Fsp3) is 0.865. The molecule has 1 rings (SSSR count). The second kappa shape index (κ2) is 29.1. The van der Waals surface area contributed by atoms with E-state index in [1.54, 1.807) is 0 Å². The fourth-order valence-corrected chi connectivity index (χ4v) is 5.82. The number of nitrogens with zero attached hydrogens (tertiary/aromatic N) is 1. The summed E-state index contributed by atoms with van der Waals surface area (Å²) in [5.41, 5.74) is 1.53. The Hall–Kier alpha value is -0.850. The van der Waals surface area contributed by atoms with Crippen molar-refractivity contribution in [2.75, 3.05) is 0 Å². The highest BCUT2D eigenvalue weighted by Gasteiger charge is 2.02. The second-order valence-electron chi connectivity index (χ2n) is 12.4.